The zero-order chi connectivity index (χ0) is 13.2. The van der Waals surface area contributed by atoms with Gasteiger partial charge in [0.25, 0.3) is 0 Å². The van der Waals surface area contributed by atoms with Crippen LogP contribution in [-0.2, 0) is 4.79 Å². The molecule has 0 unspecified atom stereocenters. The van der Waals surface area contributed by atoms with E-state index >= 15 is 0 Å². The van der Waals surface area contributed by atoms with E-state index in [1.54, 1.807) is 6.20 Å². The third kappa shape index (κ3) is 2.41. The lowest BCUT2D eigenvalue weighted by molar-refractivity contribution is -0.120. The van der Waals surface area contributed by atoms with Crippen LogP contribution in [0.5, 0.6) is 0 Å². The number of carbonyl (C=O) groups excluding carboxylic acids is 1. The zero-order valence-electron chi connectivity index (χ0n) is 10.8. The maximum atomic E-state index is 11.2. The summed E-state index contributed by atoms with van der Waals surface area (Å²) in [6.07, 6.45) is 4.57. The number of aromatic nitrogens is 3. The number of carbonyl (C=O) groups is 1. The molecule has 0 radical (unpaired) electrons. The predicted octanol–water partition coefficient (Wildman–Crippen LogP) is 2.67. The molecule has 0 spiro atoms. The van der Waals surface area contributed by atoms with E-state index in [1.165, 1.54) is 0 Å². The van der Waals surface area contributed by atoms with Gasteiger partial charge in [-0.3, -0.25) is 9.78 Å². The summed E-state index contributed by atoms with van der Waals surface area (Å²) in [6, 6.07) is 3.85. The summed E-state index contributed by atoms with van der Waals surface area (Å²) < 4.78 is 5.34. The molecule has 0 amide bonds. The average Bonchev–Trinajstić information content (AvgIpc) is 2.89. The topological polar surface area (TPSA) is 68.9 Å². The second-order valence-electron chi connectivity index (χ2n) is 4.94. The Kier molecular flexibility index (Phi) is 3.11. The number of nitrogens with zero attached hydrogens (tertiary/aromatic N) is 3. The highest BCUT2D eigenvalue weighted by atomic mass is 16.5. The first-order valence-corrected chi connectivity index (χ1v) is 6.51. The fourth-order valence-electron chi connectivity index (χ4n) is 2.40. The van der Waals surface area contributed by atoms with E-state index in [-0.39, 0.29) is 5.92 Å². The molecule has 0 aliphatic heterocycles. The SMILES string of the molecule is Cc1cccnc1-c1noc(C2CCC(=O)CC2)n1. The van der Waals surface area contributed by atoms with Gasteiger partial charge in [-0.25, -0.2) is 0 Å². The molecule has 0 bridgehead atoms. The molecule has 2 heterocycles. The maximum Gasteiger partial charge on any atom is 0.230 e. The Hall–Kier alpha value is -2.04. The molecular weight excluding hydrogens is 242 g/mol. The predicted molar refractivity (Wildman–Crippen MR) is 68.5 cm³/mol. The summed E-state index contributed by atoms with van der Waals surface area (Å²) in [4.78, 5) is 20.0. The van der Waals surface area contributed by atoms with E-state index in [1.807, 2.05) is 19.1 Å². The third-order valence-electron chi connectivity index (χ3n) is 3.56. The van der Waals surface area contributed by atoms with Crippen LogP contribution < -0.4 is 0 Å². The Morgan fingerprint density at radius 3 is 2.84 bits per heavy atom. The van der Waals surface area contributed by atoms with Crippen LogP contribution in [0.2, 0.25) is 0 Å². The van der Waals surface area contributed by atoms with Crippen molar-refractivity contribution in [1.82, 2.24) is 15.1 Å². The second-order valence-corrected chi connectivity index (χ2v) is 4.94. The Balaban J connectivity index is 1.84. The van der Waals surface area contributed by atoms with Crippen LogP contribution >= 0.6 is 0 Å². The van der Waals surface area contributed by atoms with Gasteiger partial charge in [-0.2, -0.15) is 4.98 Å². The molecule has 0 N–H and O–H groups in total. The van der Waals surface area contributed by atoms with Crippen LogP contribution in [0.15, 0.2) is 22.9 Å². The van der Waals surface area contributed by atoms with Crippen molar-refractivity contribution in [3.63, 3.8) is 0 Å². The average molecular weight is 257 g/mol. The van der Waals surface area contributed by atoms with Gasteiger partial charge in [-0.05, 0) is 31.4 Å². The molecule has 1 fully saturated rings. The van der Waals surface area contributed by atoms with Crippen molar-refractivity contribution in [3.8, 4) is 11.5 Å². The standard InChI is InChI=1S/C14H15N3O2/c1-9-3-2-8-15-12(9)13-16-14(19-17-13)10-4-6-11(18)7-5-10/h2-3,8,10H,4-7H2,1H3. The van der Waals surface area contributed by atoms with Crippen molar-refractivity contribution in [2.24, 2.45) is 0 Å². The minimum absolute atomic E-state index is 0.211. The normalized spacial score (nSPS) is 16.8. The first kappa shape index (κ1) is 12.0. The molecule has 5 nitrogen and oxygen atoms in total. The number of pyridine rings is 1. The van der Waals surface area contributed by atoms with Crippen molar-refractivity contribution in [2.45, 2.75) is 38.5 Å². The van der Waals surface area contributed by atoms with Gasteiger partial charge < -0.3 is 4.52 Å². The highest BCUT2D eigenvalue weighted by Crippen LogP contribution is 2.31. The van der Waals surface area contributed by atoms with Gasteiger partial charge in [-0.1, -0.05) is 11.2 Å². The van der Waals surface area contributed by atoms with E-state index in [4.69, 9.17) is 4.52 Å². The number of ketones is 1. The van der Waals surface area contributed by atoms with Crippen molar-refractivity contribution in [2.75, 3.05) is 0 Å². The van der Waals surface area contributed by atoms with E-state index < -0.39 is 0 Å². The monoisotopic (exact) mass is 257 g/mol. The summed E-state index contributed by atoms with van der Waals surface area (Å²) in [5.74, 6) is 1.71. The summed E-state index contributed by atoms with van der Waals surface area (Å²) >= 11 is 0. The number of hydrogen-bond acceptors (Lipinski definition) is 5. The second kappa shape index (κ2) is 4.91. The zero-order valence-corrected chi connectivity index (χ0v) is 10.8. The first-order chi connectivity index (χ1) is 9.24. The van der Waals surface area contributed by atoms with E-state index in [2.05, 4.69) is 15.1 Å². The van der Waals surface area contributed by atoms with Gasteiger partial charge in [0.05, 0.1) is 0 Å². The summed E-state index contributed by atoms with van der Waals surface area (Å²) in [7, 11) is 0. The Labute approximate surface area is 111 Å². The van der Waals surface area contributed by atoms with E-state index in [0.717, 1.165) is 24.1 Å². The minimum Gasteiger partial charge on any atom is -0.339 e. The molecule has 1 saturated carbocycles. The molecule has 0 aromatic carbocycles. The lowest BCUT2D eigenvalue weighted by atomic mass is 9.88. The smallest absolute Gasteiger partial charge is 0.230 e. The third-order valence-corrected chi connectivity index (χ3v) is 3.56. The molecular formula is C14H15N3O2. The van der Waals surface area contributed by atoms with Gasteiger partial charge in [-0.15, -0.1) is 0 Å². The van der Waals surface area contributed by atoms with E-state index in [9.17, 15) is 4.79 Å². The van der Waals surface area contributed by atoms with Crippen LogP contribution in [-0.4, -0.2) is 20.9 Å². The van der Waals surface area contributed by atoms with Crippen LogP contribution in [0.3, 0.4) is 0 Å². The molecule has 98 valence electrons. The van der Waals surface area contributed by atoms with Crippen LogP contribution in [0, 0.1) is 6.92 Å². The quantitative estimate of drug-likeness (QED) is 0.827. The van der Waals surface area contributed by atoms with Gasteiger partial charge in [0.15, 0.2) is 0 Å². The largest absolute Gasteiger partial charge is 0.339 e. The summed E-state index contributed by atoms with van der Waals surface area (Å²) in [5.41, 5.74) is 1.78. The summed E-state index contributed by atoms with van der Waals surface area (Å²) in [6.45, 7) is 1.97. The fraction of sp³-hybridized carbons (Fsp3) is 0.429. The molecule has 1 aliphatic carbocycles. The molecule has 3 rings (SSSR count). The van der Waals surface area contributed by atoms with Crippen molar-refractivity contribution in [1.29, 1.82) is 0 Å². The Bertz CT molecular complexity index is 596. The minimum atomic E-state index is 0.211. The van der Waals surface area contributed by atoms with Crippen LogP contribution in [0.4, 0.5) is 0 Å². The molecule has 1 aliphatic rings. The van der Waals surface area contributed by atoms with Gasteiger partial charge in [0, 0.05) is 25.0 Å². The lowest BCUT2D eigenvalue weighted by Gasteiger charge is -2.16. The lowest BCUT2D eigenvalue weighted by Crippen LogP contribution is -2.12. The number of aryl methyl sites for hydroxylation is 1. The van der Waals surface area contributed by atoms with Gasteiger partial charge >= 0.3 is 0 Å². The van der Waals surface area contributed by atoms with Gasteiger partial charge in [0.1, 0.15) is 11.5 Å². The van der Waals surface area contributed by atoms with Crippen LogP contribution in [0.25, 0.3) is 11.5 Å². The highest BCUT2D eigenvalue weighted by Gasteiger charge is 2.25. The number of Topliss-reactive ketones (excluding diaryl/α,β-unsaturated/α-hetero) is 1. The van der Waals surface area contributed by atoms with Crippen molar-refractivity contribution in [3.05, 3.63) is 29.8 Å². The molecule has 2 aromatic rings. The van der Waals surface area contributed by atoms with Crippen LogP contribution in [0.1, 0.15) is 43.1 Å². The molecule has 2 aromatic heterocycles. The molecule has 0 saturated heterocycles. The number of hydrogen-bond donors (Lipinski definition) is 0. The Morgan fingerprint density at radius 1 is 1.32 bits per heavy atom. The molecule has 0 atom stereocenters. The Morgan fingerprint density at radius 2 is 2.11 bits per heavy atom. The number of rotatable bonds is 2. The molecule has 5 heteroatoms. The van der Waals surface area contributed by atoms with Crippen molar-refractivity contribution < 1.29 is 9.32 Å². The maximum absolute atomic E-state index is 11.2. The summed E-state index contributed by atoms with van der Waals surface area (Å²) in [5, 5.41) is 4.01. The van der Waals surface area contributed by atoms with Gasteiger partial charge in [0.2, 0.25) is 11.7 Å². The first-order valence-electron chi connectivity index (χ1n) is 6.51. The van der Waals surface area contributed by atoms with Crippen molar-refractivity contribution >= 4 is 5.78 Å². The van der Waals surface area contributed by atoms with E-state index in [0.29, 0.717) is 30.3 Å². The fourth-order valence-corrected chi connectivity index (χ4v) is 2.40. The molecule has 19 heavy (non-hydrogen) atoms. The highest BCUT2D eigenvalue weighted by molar-refractivity contribution is 5.79.